The fourth-order valence-electron chi connectivity index (χ4n) is 2.09. The number of allylic oxidation sites excluding steroid dienone is 2. The van der Waals surface area contributed by atoms with Crippen molar-refractivity contribution < 1.29 is 9.53 Å². The smallest absolute Gasteiger partial charge is 0.262 e. The average molecular weight is 282 g/mol. The van der Waals surface area contributed by atoms with Crippen molar-refractivity contribution in [3.05, 3.63) is 53.6 Å². The van der Waals surface area contributed by atoms with Gasteiger partial charge in [0.2, 0.25) is 0 Å². The summed E-state index contributed by atoms with van der Waals surface area (Å²) < 4.78 is 5.42. The van der Waals surface area contributed by atoms with E-state index in [0.29, 0.717) is 6.54 Å². The molecule has 0 aliphatic carbocycles. The van der Waals surface area contributed by atoms with Crippen molar-refractivity contribution in [3.8, 4) is 6.07 Å². The van der Waals surface area contributed by atoms with Gasteiger partial charge >= 0.3 is 0 Å². The van der Waals surface area contributed by atoms with Crippen LogP contribution in [0.25, 0.3) is 6.08 Å². The van der Waals surface area contributed by atoms with Gasteiger partial charge in [-0.2, -0.15) is 5.26 Å². The van der Waals surface area contributed by atoms with Gasteiger partial charge in [0.25, 0.3) is 5.91 Å². The number of nitrogens with one attached hydrogen (secondary N) is 1. The van der Waals surface area contributed by atoms with E-state index >= 15 is 0 Å². The van der Waals surface area contributed by atoms with E-state index in [2.05, 4.69) is 5.32 Å². The van der Waals surface area contributed by atoms with Gasteiger partial charge in [-0.3, -0.25) is 4.79 Å². The summed E-state index contributed by atoms with van der Waals surface area (Å²) >= 11 is 0. The first kappa shape index (κ1) is 15.0. The highest BCUT2D eigenvalue weighted by atomic mass is 16.5. The molecule has 4 heteroatoms. The Kier molecular flexibility index (Phi) is 5.74. The van der Waals surface area contributed by atoms with Crippen LogP contribution < -0.4 is 5.32 Å². The molecule has 1 atom stereocenters. The molecule has 4 nitrogen and oxygen atoms in total. The Balaban J connectivity index is 1.88. The molecule has 1 N–H and O–H groups in total. The predicted molar refractivity (Wildman–Crippen MR) is 81.2 cm³/mol. The Labute approximate surface area is 124 Å². The number of carbonyl (C=O) groups excluding carboxylic acids is 1. The minimum Gasteiger partial charge on any atom is -0.376 e. The number of nitrogens with zero attached hydrogens (tertiary/aromatic N) is 1. The fourth-order valence-corrected chi connectivity index (χ4v) is 2.09. The Bertz CT molecular complexity index is 564. The summed E-state index contributed by atoms with van der Waals surface area (Å²) in [5.41, 5.74) is 1.12. The van der Waals surface area contributed by atoms with Gasteiger partial charge in [0.15, 0.2) is 0 Å². The number of rotatable bonds is 5. The third-order valence-electron chi connectivity index (χ3n) is 3.23. The molecular weight excluding hydrogens is 264 g/mol. The normalized spacial score (nSPS) is 18.6. The van der Waals surface area contributed by atoms with Gasteiger partial charge in [0, 0.05) is 13.2 Å². The van der Waals surface area contributed by atoms with Crippen molar-refractivity contribution >= 4 is 12.0 Å². The standard InChI is InChI=1S/C17H18N2O2/c18-12-15(9-4-8-14-6-2-1-3-7-14)17(20)19-13-16-10-5-11-21-16/h1-4,6-9,16H,5,10-11,13H2,(H,19,20)/b8-4+,15-9-/t16-/m1/s1. The molecule has 21 heavy (non-hydrogen) atoms. The molecule has 108 valence electrons. The van der Waals surface area contributed by atoms with E-state index in [9.17, 15) is 4.79 Å². The van der Waals surface area contributed by atoms with Crippen LogP contribution in [-0.4, -0.2) is 25.2 Å². The second-order valence-electron chi connectivity index (χ2n) is 4.81. The molecule has 1 aliphatic rings. The first-order valence-electron chi connectivity index (χ1n) is 7.03. The van der Waals surface area contributed by atoms with Gasteiger partial charge in [-0.05, 0) is 24.5 Å². The van der Waals surface area contributed by atoms with Gasteiger partial charge in [0.1, 0.15) is 11.6 Å². The van der Waals surface area contributed by atoms with E-state index in [0.717, 1.165) is 25.0 Å². The molecule has 1 aromatic carbocycles. The molecule has 1 fully saturated rings. The number of carbonyl (C=O) groups is 1. The van der Waals surface area contributed by atoms with E-state index in [1.54, 1.807) is 6.08 Å². The lowest BCUT2D eigenvalue weighted by Crippen LogP contribution is -2.32. The van der Waals surface area contributed by atoms with E-state index in [1.807, 2.05) is 42.5 Å². The van der Waals surface area contributed by atoms with Crippen molar-refractivity contribution in [2.24, 2.45) is 0 Å². The largest absolute Gasteiger partial charge is 0.376 e. The van der Waals surface area contributed by atoms with Crippen molar-refractivity contribution in [2.45, 2.75) is 18.9 Å². The molecule has 1 heterocycles. The molecule has 0 spiro atoms. The Hall–Kier alpha value is -2.38. The lowest BCUT2D eigenvalue weighted by atomic mass is 10.2. The van der Waals surface area contributed by atoms with Crippen molar-refractivity contribution in [3.63, 3.8) is 0 Å². The SMILES string of the molecule is N#C/C(=C/C=C/c1ccccc1)C(=O)NC[C@H]1CCCO1. The summed E-state index contributed by atoms with van der Waals surface area (Å²) in [5.74, 6) is -0.356. The number of ether oxygens (including phenoxy) is 1. The average Bonchev–Trinajstić information content (AvgIpc) is 3.04. The first-order chi connectivity index (χ1) is 10.3. The van der Waals surface area contributed by atoms with Crippen LogP contribution in [0.5, 0.6) is 0 Å². The maximum Gasteiger partial charge on any atom is 0.262 e. The minimum atomic E-state index is -0.356. The number of hydrogen-bond acceptors (Lipinski definition) is 3. The second kappa shape index (κ2) is 8.03. The number of hydrogen-bond donors (Lipinski definition) is 1. The molecule has 0 aromatic heterocycles. The quantitative estimate of drug-likeness (QED) is 0.512. The molecular formula is C17H18N2O2. The summed E-state index contributed by atoms with van der Waals surface area (Å²) in [6, 6.07) is 11.6. The zero-order chi connectivity index (χ0) is 14.9. The van der Waals surface area contributed by atoms with Crippen molar-refractivity contribution in [2.75, 3.05) is 13.2 Å². The molecule has 1 aliphatic heterocycles. The van der Waals surface area contributed by atoms with Gasteiger partial charge in [-0.25, -0.2) is 0 Å². The van der Waals surface area contributed by atoms with E-state index in [1.165, 1.54) is 6.08 Å². The highest BCUT2D eigenvalue weighted by Crippen LogP contribution is 2.10. The van der Waals surface area contributed by atoms with Crippen LogP contribution in [0.1, 0.15) is 18.4 Å². The molecule has 1 saturated heterocycles. The van der Waals surface area contributed by atoms with Gasteiger partial charge in [-0.1, -0.05) is 42.5 Å². The number of amides is 1. The molecule has 0 saturated carbocycles. The Morgan fingerprint density at radius 1 is 1.43 bits per heavy atom. The van der Waals surface area contributed by atoms with Gasteiger partial charge < -0.3 is 10.1 Å². The first-order valence-corrected chi connectivity index (χ1v) is 7.03. The van der Waals surface area contributed by atoms with Gasteiger partial charge in [0.05, 0.1) is 6.10 Å². The monoisotopic (exact) mass is 282 g/mol. The van der Waals surface area contributed by atoms with Crippen LogP contribution in [0.4, 0.5) is 0 Å². The highest BCUT2D eigenvalue weighted by Gasteiger charge is 2.17. The summed E-state index contributed by atoms with van der Waals surface area (Å²) in [7, 11) is 0. The summed E-state index contributed by atoms with van der Waals surface area (Å²) in [4.78, 5) is 11.9. The summed E-state index contributed by atoms with van der Waals surface area (Å²) in [6.45, 7) is 1.21. The molecule has 1 aromatic rings. The molecule has 0 unspecified atom stereocenters. The highest BCUT2D eigenvalue weighted by molar-refractivity contribution is 5.97. The lowest BCUT2D eigenvalue weighted by molar-refractivity contribution is -0.117. The fraction of sp³-hybridized carbons (Fsp3) is 0.294. The minimum absolute atomic E-state index is 0.0775. The lowest BCUT2D eigenvalue weighted by Gasteiger charge is -2.09. The van der Waals surface area contributed by atoms with E-state index in [-0.39, 0.29) is 17.6 Å². The van der Waals surface area contributed by atoms with Crippen LogP contribution in [0.15, 0.2) is 48.1 Å². The van der Waals surface area contributed by atoms with Crippen LogP contribution in [0.2, 0.25) is 0 Å². The number of benzene rings is 1. The second-order valence-corrected chi connectivity index (χ2v) is 4.81. The Morgan fingerprint density at radius 2 is 2.24 bits per heavy atom. The third-order valence-corrected chi connectivity index (χ3v) is 3.23. The van der Waals surface area contributed by atoms with E-state index < -0.39 is 0 Å². The summed E-state index contributed by atoms with van der Waals surface area (Å²) in [5, 5.41) is 11.8. The Morgan fingerprint density at radius 3 is 2.90 bits per heavy atom. The van der Waals surface area contributed by atoms with Crippen LogP contribution in [0.3, 0.4) is 0 Å². The topological polar surface area (TPSA) is 62.1 Å². The zero-order valence-corrected chi connectivity index (χ0v) is 11.8. The van der Waals surface area contributed by atoms with Crippen LogP contribution in [-0.2, 0) is 9.53 Å². The molecule has 1 amide bonds. The van der Waals surface area contributed by atoms with E-state index in [4.69, 9.17) is 10.00 Å². The molecule has 0 bridgehead atoms. The summed E-state index contributed by atoms with van der Waals surface area (Å²) in [6.07, 6.45) is 7.15. The predicted octanol–water partition coefficient (Wildman–Crippen LogP) is 2.44. The van der Waals surface area contributed by atoms with Crippen LogP contribution >= 0.6 is 0 Å². The van der Waals surface area contributed by atoms with Crippen molar-refractivity contribution in [1.82, 2.24) is 5.32 Å². The maximum absolute atomic E-state index is 11.9. The molecule has 0 radical (unpaired) electrons. The zero-order valence-electron chi connectivity index (χ0n) is 11.8. The molecule has 2 rings (SSSR count). The van der Waals surface area contributed by atoms with Gasteiger partial charge in [-0.15, -0.1) is 0 Å². The number of nitriles is 1. The third kappa shape index (κ3) is 4.90. The van der Waals surface area contributed by atoms with Crippen molar-refractivity contribution in [1.29, 1.82) is 5.26 Å². The van der Waals surface area contributed by atoms with Crippen LogP contribution in [0, 0.1) is 11.3 Å². The maximum atomic E-state index is 11.9.